The number of nitrogens with zero attached hydrogens (tertiary/aromatic N) is 1. The molecule has 1 N–H and O–H groups in total. The van der Waals surface area contributed by atoms with Gasteiger partial charge in [0.15, 0.2) is 5.82 Å². The number of methoxy groups -OCH3 is 1. The number of benzene rings is 1. The number of amides is 1. The number of rotatable bonds is 3. The minimum atomic E-state index is -0.283. The molecule has 0 aliphatic carbocycles. The molecule has 0 saturated carbocycles. The average molecular weight is 263 g/mol. The van der Waals surface area contributed by atoms with Crippen molar-refractivity contribution in [3.8, 4) is 5.75 Å². The summed E-state index contributed by atoms with van der Waals surface area (Å²) in [6.07, 6.45) is 1.56. The molecule has 0 aliphatic heterocycles. The van der Waals surface area contributed by atoms with Crippen LogP contribution in [0.1, 0.15) is 10.4 Å². The van der Waals surface area contributed by atoms with Crippen molar-refractivity contribution >= 4 is 23.3 Å². The maximum absolute atomic E-state index is 12.0. The number of halogens is 1. The lowest BCUT2D eigenvalue weighted by molar-refractivity contribution is 0.102. The second kappa shape index (κ2) is 5.51. The van der Waals surface area contributed by atoms with Crippen molar-refractivity contribution in [3.05, 3.63) is 53.2 Å². The highest BCUT2D eigenvalue weighted by Gasteiger charge is 2.09. The highest BCUT2D eigenvalue weighted by molar-refractivity contribution is 6.33. The van der Waals surface area contributed by atoms with Crippen LogP contribution in [-0.4, -0.2) is 18.0 Å². The molecule has 0 saturated heterocycles. The van der Waals surface area contributed by atoms with E-state index in [2.05, 4.69) is 10.3 Å². The van der Waals surface area contributed by atoms with Gasteiger partial charge in [-0.2, -0.15) is 0 Å². The molecule has 1 aromatic carbocycles. The third-order valence-electron chi connectivity index (χ3n) is 2.32. The zero-order valence-corrected chi connectivity index (χ0v) is 10.4. The molecule has 1 amide bonds. The summed E-state index contributed by atoms with van der Waals surface area (Å²) in [5.41, 5.74) is 0.482. The maximum atomic E-state index is 12.0. The summed E-state index contributed by atoms with van der Waals surface area (Å²) in [4.78, 5) is 16.0. The van der Waals surface area contributed by atoms with Gasteiger partial charge in [-0.25, -0.2) is 4.98 Å². The molecule has 92 valence electrons. The van der Waals surface area contributed by atoms with Crippen LogP contribution in [0.2, 0.25) is 5.02 Å². The Balaban J connectivity index is 2.19. The lowest BCUT2D eigenvalue weighted by Crippen LogP contribution is -2.13. The van der Waals surface area contributed by atoms with E-state index in [1.807, 2.05) is 0 Å². The molecule has 0 fully saturated rings. The number of pyridine rings is 1. The van der Waals surface area contributed by atoms with Crippen LogP contribution in [0.25, 0.3) is 0 Å². The van der Waals surface area contributed by atoms with E-state index in [0.29, 0.717) is 22.2 Å². The molecule has 2 aromatic rings. The molecule has 4 nitrogen and oxygen atoms in total. The number of aromatic nitrogens is 1. The largest absolute Gasteiger partial charge is 0.497 e. The third-order valence-corrected chi connectivity index (χ3v) is 2.63. The predicted molar refractivity (Wildman–Crippen MR) is 70.2 cm³/mol. The summed E-state index contributed by atoms with van der Waals surface area (Å²) in [7, 11) is 1.55. The van der Waals surface area contributed by atoms with Crippen LogP contribution in [0.4, 0.5) is 5.82 Å². The summed E-state index contributed by atoms with van der Waals surface area (Å²) >= 11 is 5.91. The third kappa shape index (κ3) is 2.78. The number of ether oxygens (including phenoxy) is 1. The molecule has 0 radical (unpaired) electrons. The first kappa shape index (κ1) is 12.4. The van der Waals surface area contributed by atoms with Crippen LogP contribution in [0.5, 0.6) is 5.75 Å². The van der Waals surface area contributed by atoms with Crippen molar-refractivity contribution in [3.63, 3.8) is 0 Å². The first-order chi connectivity index (χ1) is 8.70. The predicted octanol–water partition coefficient (Wildman–Crippen LogP) is 3.00. The van der Waals surface area contributed by atoms with Crippen molar-refractivity contribution in [1.29, 1.82) is 0 Å². The van der Waals surface area contributed by atoms with Crippen LogP contribution < -0.4 is 10.1 Å². The van der Waals surface area contributed by atoms with Gasteiger partial charge in [-0.05, 0) is 30.3 Å². The van der Waals surface area contributed by atoms with Gasteiger partial charge >= 0.3 is 0 Å². The molecule has 0 atom stereocenters. The Kier molecular flexibility index (Phi) is 3.79. The van der Waals surface area contributed by atoms with E-state index in [4.69, 9.17) is 16.3 Å². The zero-order valence-electron chi connectivity index (χ0n) is 9.68. The lowest BCUT2D eigenvalue weighted by Gasteiger charge is -2.06. The smallest absolute Gasteiger partial charge is 0.256 e. The fourth-order valence-corrected chi connectivity index (χ4v) is 1.59. The van der Waals surface area contributed by atoms with Gasteiger partial charge in [0.05, 0.1) is 12.1 Å². The summed E-state index contributed by atoms with van der Waals surface area (Å²) in [5, 5.41) is 3.04. The lowest BCUT2D eigenvalue weighted by atomic mass is 10.2. The minimum Gasteiger partial charge on any atom is -0.497 e. The highest BCUT2D eigenvalue weighted by atomic mass is 35.5. The van der Waals surface area contributed by atoms with E-state index in [1.165, 1.54) is 0 Å². The van der Waals surface area contributed by atoms with E-state index in [9.17, 15) is 4.79 Å². The molecule has 1 aromatic heterocycles. The number of nitrogens with one attached hydrogen (secondary N) is 1. The van der Waals surface area contributed by atoms with E-state index in [1.54, 1.807) is 49.7 Å². The van der Waals surface area contributed by atoms with Crippen molar-refractivity contribution < 1.29 is 9.53 Å². The first-order valence-electron chi connectivity index (χ1n) is 5.26. The summed E-state index contributed by atoms with van der Waals surface area (Å²) in [5.74, 6) is 0.677. The molecule has 1 heterocycles. The van der Waals surface area contributed by atoms with Crippen LogP contribution in [0.15, 0.2) is 42.6 Å². The molecule has 0 spiro atoms. The number of carbonyl (C=O) groups is 1. The maximum Gasteiger partial charge on any atom is 0.256 e. The number of anilines is 1. The Bertz CT molecular complexity index is 572. The van der Waals surface area contributed by atoms with Gasteiger partial charge in [0.25, 0.3) is 5.91 Å². The van der Waals surface area contributed by atoms with Crippen molar-refractivity contribution in [2.75, 3.05) is 12.4 Å². The van der Waals surface area contributed by atoms with Crippen molar-refractivity contribution in [2.24, 2.45) is 0 Å². The van der Waals surface area contributed by atoms with Crippen LogP contribution >= 0.6 is 11.6 Å². The van der Waals surface area contributed by atoms with Crippen LogP contribution in [0.3, 0.4) is 0 Å². The summed E-state index contributed by atoms with van der Waals surface area (Å²) < 4.78 is 5.06. The summed E-state index contributed by atoms with van der Waals surface area (Å²) in [6, 6.07) is 10.2. The van der Waals surface area contributed by atoms with Gasteiger partial charge < -0.3 is 10.1 Å². The number of carbonyl (C=O) groups excluding carboxylic acids is 1. The molecular formula is C13H11ClN2O2. The van der Waals surface area contributed by atoms with E-state index in [0.717, 1.165) is 0 Å². The van der Waals surface area contributed by atoms with Gasteiger partial charge in [0.2, 0.25) is 0 Å². The van der Waals surface area contributed by atoms with E-state index >= 15 is 0 Å². The zero-order chi connectivity index (χ0) is 13.0. The first-order valence-corrected chi connectivity index (χ1v) is 5.64. The Morgan fingerprint density at radius 1 is 1.33 bits per heavy atom. The molecule has 18 heavy (non-hydrogen) atoms. The monoisotopic (exact) mass is 262 g/mol. The molecule has 5 heteroatoms. The van der Waals surface area contributed by atoms with Gasteiger partial charge in [-0.3, -0.25) is 4.79 Å². The fraction of sp³-hybridized carbons (Fsp3) is 0.0769. The number of hydrogen-bond donors (Lipinski definition) is 1. The van der Waals surface area contributed by atoms with E-state index in [-0.39, 0.29) is 5.91 Å². The van der Waals surface area contributed by atoms with Gasteiger partial charge in [-0.15, -0.1) is 0 Å². The van der Waals surface area contributed by atoms with Crippen molar-refractivity contribution in [2.45, 2.75) is 0 Å². The normalized spacial score (nSPS) is 9.89. The Morgan fingerprint density at radius 2 is 2.17 bits per heavy atom. The van der Waals surface area contributed by atoms with Gasteiger partial charge in [0, 0.05) is 11.8 Å². The second-order valence-corrected chi connectivity index (χ2v) is 3.93. The highest BCUT2D eigenvalue weighted by Crippen LogP contribution is 2.19. The Morgan fingerprint density at radius 3 is 2.89 bits per heavy atom. The Labute approximate surface area is 110 Å². The average Bonchev–Trinajstić information content (AvgIpc) is 2.41. The number of hydrogen-bond acceptors (Lipinski definition) is 3. The van der Waals surface area contributed by atoms with Crippen LogP contribution in [-0.2, 0) is 0 Å². The minimum absolute atomic E-state index is 0.283. The topological polar surface area (TPSA) is 51.2 Å². The van der Waals surface area contributed by atoms with Gasteiger partial charge in [0.1, 0.15) is 5.75 Å². The van der Waals surface area contributed by atoms with Crippen molar-refractivity contribution in [1.82, 2.24) is 4.98 Å². The quantitative estimate of drug-likeness (QED) is 0.925. The van der Waals surface area contributed by atoms with Crippen LogP contribution in [0, 0.1) is 0 Å². The molecule has 0 aliphatic rings. The molecule has 2 rings (SSSR count). The second-order valence-electron chi connectivity index (χ2n) is 3.52. The summed E-state index contributed by atoms with van der Waals surface area (Å²) in [6.45, 7) is 0. The molecular weight excluding hydrogens is 252 g/mol. The molecule has 0 bridgehead atoms. The SMILES string of the molecule is COc1cccc(C(=O)Nc2ncccc2Cl)c1. The fourth-order valence-electron chi connectivity index (χ4n) is 1.42. The van der Waals surface area contributed by atoms with Gasteiger partial charge in [-0.1, -0.05) is 17.7 Å². The molecule has 0 unspecified atom stereocenters. The van der Waals surface area contributed by atoms with E-state index < -0.39 is 0 Å². The standard InChI is InChI=1S/C13H11ClN2O2/c1-18-10-5-2-4-9(8-10)13(17)16-12-11(14)6-3-7-15-12/h2-8H,1H3,(H,15,16,17). The Hall–Kier alpha value is -2.07.